The van der Waals surface area contributed by atoms with Crippen LogP contribution in [0.4, 0.5) is 0 Å². The molecular weight excluding hydrogens is 901 g/mol. The molecule has 0 aliphatic heterocycles. The highest BCUT2D eigenvalue weighted by Gasteiger charge is 2.19. The number of hydrogen-bond acceptors (Lipinski definition) is 6. The lowest BCUT2D eigenvalue weighted by atomic mass is 10.0. The normalized spacial score (nSPS) is 12.4. The van der Waals surface area contributed by atoms with Crippen molar-refractivity contribution in [3.8, 4) is 0 Å². The second kappa shape index (κ2) is 61.7. The van der Waals surface area contributed by atoms with Crippen molar-refractivity contribution in [3.63, 3.8) is 0 Å². The molecule has 0 aromatic heterocycles. The maximum atomic E-state index is 12.9. The Bertz CT molecular complexity index is 1310. The Morgan fingerprint density at radius 3 is 0.863 bits per heavy atom. The first-order chi connectivity index (χ1) is 36.0. The molecule has 0 spiro atoms. The average Bonchev–Trinajstić information content (AvgIpc) is 3.39. The van der Waals surface area contributed by atoms with Gasteiger partial charge in [-0.3, -0.25) is 14.4 Å². The first-order valence-electron chi connectivity index (χ1n) is 31.8. The highest BCUT2D eigenvalue weighted by Crippen LogP contribution is 2.17. The highest BCUT2D eigenvalue weighted by molar-refractivity contribution is 5.71. The summed E-state index contributed by atoms with van der Waals surface area (Å²) in [6, 6.07) is 0. The van der Waals surface area contributed by atoms with Gasteiger partial charge in [0.25, 0.3) is 0 Å². The zero-order valence-electron chi connectivity index (χ0n) is 48.7. The van der Waals surface area contributed by atoms with Crippen molar-refractivity contribution in [3.05, 3.63) is 60.8 Å². The molecule has 0 aromatic carbocycles. The predicted molar refractivity (Wildman–Crippen MR) is 316 cm³/mol. The summed E-state index contributed by atoms with van der Waals surface area (Å²) >= 11 is 0. The van der Waals surface area contributed by atoms with Crippen LogP contribution in [-0.2, 0) is 28.6 Å². The van der Waals surface area contributed by atoms with Crippen LogP contribution in [-0.4, -0.2) is 37.2 Å². The van der Waals surface area contributed by atoms with Gasteiger partial charge in [-0.2, -0.15) is 0 Å². The van der Waals surface area contributed by atoms with Gasteiger partial charge in [0.2, 0.25) is 0 Å². The number of ether oxygens (including phenoxy) is 3. The third-order valence-electron chi connectivity index (χ3n) is 14.0. The minimum atomic E-state index is -0.779. The third kappa shape index (κ3) is 59.9. The molecular formula is C67H120O6. The molecule has 0 saturated heterocycles. The predicted octanol–water partition coefficient (Wildman–Crippen LogP) is 21.6. The zero-order valence-corrected chi connectivity index (χ0v) is 48.7. The van der Waals surface area contributed by atoms with Crippen molar-refractivity contribution in [2.75, 3.05) is 13.2 Å². The number of carbonyl (C=O) groups excluding carboxylic acids is 3. The molecule has 0 aliphatic rings. The Morgan fingerprint density at radius 2 is 0.534 bits per heavy atom. The van der Waals surface area contributed by atoms with Crippen LogP contribution >= 0.6 is 0 Å². The molecule has 0 saturated carbocycles. The summed E-state index contributed by atoms with van der Waals surface area (Å²) in [6.45, 7) is 6.54. The lowest BCUT2D eigenvalue weighted by Crippen LogP contribution is -2.30. The topological polar surface area (TPSA) is 78.9 Å². The Morgan fingerprint density at radius 1 is 0.288 bits per heavy atom. The molecule has 6 nitrogen and oxygen atoms in total. The average molecular weight is 1020 g/mol. The van der Waals surface area contributed by atoms with Crippen LogP contribution in [0.1, 0.15) is 329 Å². The number of esters is 3. The van der Waals surface area contributed by atoms with Gasteiger partial charge in [-0.15, -0.1) is 0 Å². The van der Waals surface area contributed by atoms with E-state index in [-0.39, 0.29) is 31.1 Å². The van der Waals surface area contributed by atoms with E-state index in [1.165, 1.54) is 199 Å². The van der Waals surface area contributed by atoms with Gasteiger partial charge in [0, 0.05) is 19.3 Å². The maximum Gasteiger partial charge on any atom is 0.306 e. The summed E-state index contributed by atoms with van der Waals surface area (Å²) < 4.78 is 16.9. The van der Waals surface area contributed by atoms with Gasteiger partial charge in [-0.25, -0.2) is 0 Å². The van der Waals surface area contributed by atoms with Gasteiger partial charge in [-0.05, 0) is 83.5 Å². The molecule has 1 unspecified atom stereocenters. The zero-order chi connectivity index (χ0) is 52.9. The van der Waals surface area contributed by atoms with Gasteiger partial charge < -0.3 is 14.2 Å². The van der Waals surface area contributed by atoms with E-state index in [2.05, 4.69) is 81.5 Å². The van der Waals surface area contributed by atoms with Crippen molar-refractivity contribution >= 4 is 17.9 Å². The summed E-state index contributed by atoms with van der Waals surface area (Å²) in [5, 5.41) is 0. The highest BCUT2D eigenvalue weighted by atomic mass is 16.6. The molecule has 0 rings (SSSR count). The van der Waals surface area contributed by atoms with Crippen LogP contribution in [0.2, 0.25) is 0 Å². The van der Waals surface area contributed by atoms with E-state index in [9.17, 15) is 14.4 Å². The minimum Gasteiger partial charge on any atom is -0.462 e. The number of hydrogen-bond donors (Lipinski definition) is 0. The van der Waals surface area contributed by atoms with E-state index >= 15 is 0 Å². The van der Waals surface area contributed by atoms with Crippen molar-refractivity contribution in [1.29, 1.82) is 0 Å². The van der Waals surface area contributed by atoms with E-state index in [1.54, 1.807) is 0 Å². The molecule has 0 aromatic rings. The number of carbonyl (C=O) groups is 3. The Labute approximate surface area is 453 Å². The van der Waals surface area contributed by atoms with Crippen molar-refractivity contribution in [1.82, 2.24) is 0 Å². The Kier molecular flexibility index (Phi) is 59.2. The largest absolute Gasteiger partial charge is 0.462 e. The summed E-state index contributed by atoms with van der Waals surface area (Å²) in [5.41, 5.74) is 0. The molecule has 0 heterocycles. The van der Waals surface area contributed by atoms with Crippen LogP contribution in [0.25, 0.3) is 0 Å². The molecule has 1 atom stereocenters. The van der Waals surface area contributed by atoms with Crippen LogP contribution < -0.4 is 0 Å². The van der Waals surface area contributed by atoms with E-state index in [1.807, 2.05) is 0 Å². The van der Waals surface area contributed by atoms with E-state index in [0.29, 0.717) is 19.3 Å². The molecule has 0 amide bonds. The number of unbranched alkanes of at least 4 members (excludes halogenated alkanes) is 37. The van der Waals surface area contributed by atoms with Crippen LogP contribution in [0.15, 0.2) is 60.8 Å². The molecule has 0 fully saturated rings. The van der Waals surface area contributed by atoms with Crippen molar-refractivity contribution < 1.29 is 28.6 Å². The number of allylic oxidation sites excluding steroid dienone is 10. The Balaban J connectivity index is 4.36. The number of rotatable bonds is 58. The van der Waals surface area contributed by atoms with E-state index in [0.717, 1.165) is 89.9 Å². The summed E-state index contributed by atoms with van der Waals surface area (Å²) in [6.07, 6.45) is 77.9. The molecule has 0 radical (unpaired) electrons. The van der Waals surface area contributed by atoms with E-state index in [4.69, 9.17) is 14.2 Å². The quantitative estimate of drug-likeness (QED) is 0.0261. The standard InChI is InChI=1S/C67H120O6/c1-4-7-10-13-16-19-22-25-28-31-33-36-39-42-45-48-51-54-57-60-66(69)72-63-64(62-71-65(68)59-56-53-50-47-44-41-38-35-30-27-24-21-18-15-12-9-6-3)73-67(70)61-58-55-52-49-46-43-40-37-34-32-29-26-23-20-17-14-11-8-5-2/h9,12,16,18-19,21,25,27-28,30,64H,4-8,10-11,13-15,17,20,22-24,26,29,31-63H2,1-3H3/b12-9-,19-16-,21-18-,28-25-,30-27-. The monoisotopic (exact) mass is 1020 g/mol. The second-order valence-electron chi connectivity index (χ2n) is 21.3. The summed E-state index contributed by atoms with van der Waals surface area (Å²) in [5.74, 6) is -0.871. The van der Waals surface area contributed by atoms with Gasteiger partial charge in [0.15, 0.2) is 6.10 Å². The molecule has 6 heteroatoms. The molecule has 0 bridgehead atoms. The lowest BCUT2D eigenvalue weighted by molar-refractivity contribution is -0.167. The first kappa shape index (κ1) is 70.1. The molecule has 0 N–H and O–H groups in total. The summed E-state index contributed by atoms with van der Waals surface area (Å²) in [4.78, 5) is 38.3. The lowest BCUT2D eigenvalue weighted by Gasteiger charge is -2.18. The SMILES string of the molecule is CC/C=C\C/C=C\C/C=C\CCCCCCCCCC(=O)OCC(COC(=O)CCCCCCCCCCC/C=C\C/C=C\CCCCC)OC(=O)CCCCCCCCCCCCCCCCCCCCC. The molecule has 424 valence electrons. The van der Waals surface area contributed by atoms with Gasteiger partial charge in [-0.1, -0.05) is 287 Å². The smallest absolute Gasteiger partial charge is 0.306 e. The molecule has 0 aliphatic carbocycles. The fourth-order valence-corrected chi connectivity index (χ4v) is 9.25. The van der Waals surface area contributed by atoms with Gasteiger partial charge >= 0.3 is 17.9 Å². The Hall–Kier alpha value is -2.89. The van der Waals surface area contributed by atoms with E-state index < -0.39 is 6.10 Å². The van der Waals surface area contributed by atoms with Gasteiger partial charge in [0.1, 0.15) is 13.2 Å². The molecule has 73 heavy (non-hydrogen) atoms. The van der Waals surface area contributed by atoms with Crippen LogP contribution in [0.3, 0.4) is 0 Å². The second-order valence-corrected chi connectivity index (χ2v) is 21.3. The minimum absolute atomic E-state index is 0.0766. The van der Waals surface area contributed by atoms with Crippen LogP contribution in [0, 0.1) is 0 Å². The fraction of sp³-hybridized carbons (Fsp3) is 0.806. The first-order valence-corrected chi connectivity index (χ1v) is 31.8. The summed E-state index contributed by atoms with van der Waals surface area (Å²) in [7, 11) is 0. The van der Waals surface area contributed by atoms with Crippen molar-refractivity contribution in [2.45, 2.75) is 335 Å². The van der Waals surface area contributed by atoms with Gasteiger partial charge in [0.05, 0.1) is 0 Å². The van der Waals surface area contributed by atoms with Crippen molar-refractivity contribution in [2.24, 2.45) is 0 Å². The maximum absolute atomic E-state index is 12.9. The third-order valence-corrected chi connectivity index (χ3v) is 14.0. The van der Waals surface area contributed by atoms with Crippen LogP contribution in [0.5, 0.6) is 0 Å². The fourth-order valence-electron chi connectivity index (χ4n) is 9.25.